The van der Waals surface area contributed by atoms with Crippen molar-refractivity contribution in [1.29, 1.82) is 0 Å². The van der Waals surface area contributed by atoms with Gasteiger partial charge in [-0.15, -0.1) is 11.3 Å². The van der Waals surface area contributed by atoms with Crippen LogP contribution in [0.15, 0.2) is 41.8 Å². The number of carbonyl (C=O) groups is 1. The molecule has 1 aromatic carbocycles. The third-order valence-electron chi connectivity index (χ3n) is 2.64. The van der Waals surface area contributed by atoms with Crippen LogP contribution in [0.3, 0.4) is 0 Å². The van der Waals surface area contributed by atoms with Gasteiger partial charge in [0.05, 0.1) is 12.5 Å². The Morgan fingerprint density at radius 3 is 2.50 bits per heavy atom. The normalized spacial score (nSPS) is 12.3. The number of carboxylic acid groups (broad SMARTS) is 1. The molecule has 0 saturated heterocycles. The summed E-state index contributed by atoms with van der Waals surface area (Å²) in [5.41, 5.74) is 2.09. The summed E-state index contributed by atoms with van der Waals surface area (Å²) >= 11 is 1.68. The van der Waals surface area contributed by atoms with Crippen molar-refractivity contribution in [1.82, 2.24) is 0 Å². The standard InChI is InChI=1S/C14H14O3S/c15-12(9-14(16)17)8-10-3-5-11(6-4-10)13-2-1-7-18-13/h1-7,12,15H,8-9H2,(H,16,17). The Bertz CT molecular complexity index is 502. The van der Waals surface area contributed by atoms with E-state index in [1.54, 1.807) is 11.3 Å². The van der Waals surface area contributed by atoms with Crippen LogP contribution in [-0.2, 0) is 11.2 Å². The van der Waals surface area contributed by atoms with Gasteiger partial charge in [0.1, 0.15) is 0 Å². The minimum absolute atomic E-state index is 0.216. The molecule has 1 unspecified atom stereocenters. The van der Waals surface area contributed by atoms with E-state index in [1.807, 2.05) is 35.7 Å². The first-order valence-electron chi connectivity index (χ1n) is 5.68. The Morgan fingerprint density at radius 2 is 1.94 bits per heavy atom. The summed E-state index contributed by atoms with van der Waals surface area (Å²) in [6.45, 7) is 0. The SMILES string of the molecule is O=C(O)CC(O)Cc1ccc(-c2cccs2)cc1. The van der Waals surface area contributed by atoms with Gasteiger partial charge >= 0.3 is 5.97 Å². The van der Waals surface area contributed by atoms with Crippen LogP contribution < -0.4 is 0 Å². The second kappa shape index (κ2) is 5.80. The molecule has 0 aliphatic rings. The van der Waals surface area contributed by atoms with Gasteiger partial charge in [0, 0.05) is 4.88 Å². The molecular formula is C14H14O3S. The highest BCUT2D eigenvalue weighted by atomic mass is 32.1. The molecule has 0 saturated carbocycles. The first-order chi connectivity index (χ1) is 8.65. The fraction of sp³-hybridized carbons (Fsp3) is 0.214. The van der Waals surface area contributed by atoms with Crippen LogP contribution >= 0.6 is 11.3 Å². The molecule has 0 amide bonds. The van der Waals surface area contributed by atoms with E-state index in [1.165, 1.54) is 4.88 Å². The maximum Gasteiger partial charge on any atom is 0.305 e. The van der Waals surface area contributed by atoms with Gasteiger partial charge in [0.25, 0.3) is 0 Å². The largest absolute Gasteiger partial charge is 0.481 e. The maximum atomic E-state index is 10.5. The minimum atomic E-state index is -0.974. The van der Waals surface area contributed by atoms with Gasteiger partial charge in [-0.1, -0.05) is 30.3 Å². The lowest BCUT2D eigenvalue weighted by Crippen LogP contribution is -2.15. The Hall–Kier alpha value is -1.65. The van der Waals surface area contributed by atoms with Crippen molar-refractivity contribution in [2.24, 2.45) is 0 Å². The number of benzene rings is 1. The molecule has 0 aliphatic carbocycles. The van der Waals surface area contributed by atoms with E-state index < -0.39 is 12.1 Å². The van der Waals surface area contributed by atoms with Gasteiger partial charge in [-0.2, -0.15) is 0 Å². The number of hydrogen-bond donors (Lipinski definition) is 2. The first-order valence-corrected chi connectivity index (χ1v) is 6.56. The van der Waals surface area contributed by atoms with Gasteiger partial charge in [-0.3, -0.25) is 4.79 Å². The second-order valence-electron chi connectivity index (χ2n) is 4.13. The Balaban J connectivity index is 2.02. The fourth-order valence-corrected chi connectivity index (χ4v) is 2.53. The molecule has 0 bridgehead atoms. The third-order valence-corrected chi connectivity index (χ3v) is 3.56. The van der Waals surface area contributed by atoms with E-state index in [0.717, 1.165) is 11.1 Å². The molecule has 2 N–H and O–H groups in total. The van der Waals surface area contributed by atoms with E-state index in [0.29, 0.717) is 6.42 Å². The molecule has 0 radical (unpaired) electrons. The summed E-state index contributed by atoms with van der Waals surface area (Å²) in [5.74, 6) is -0.974. The van der Waals surface area contributed by atoms with Crippen molar-refractivity contribution >= 4 is 17.3 Å². The van der Waals surface area contributed by atoms with Crippen LogP contribution in [0, 0.1) is 0 Å². The zero-order valence-electron chi connectivity index (χ0n) is 9.74. The summed E-state index contributed by atoms with van der Waals surface area (Å²) in [4.78, 5) is 11.7. The van der Waals surface area contributed by atoms with Crippen LogP contribution in [0.25, 0.3) is 10.4 Å². The zero-order valence-corrected chi connectivity index (χ0v) is 10.6. The highest BCUT2D eigenvalue weighted by Crippen LogP contribution is 2.24. The van der Waals surface area contributed by atoms with Gasteiger partial charge in [-0.05, 0) is 29.0 Å². The molecule has 2 aromatic rings. The average Bonchev–Trinajstić information content (AvgIpc) is 2.82. The summed E-state index contributed by atoms with van der Waals surface area (Å²) in [6, 6.07) is 11.9. The molecule has 4 heteroatoms. The predicted molar refractivity (Wildman–Crippen MR) is 71.7 cm³/mol. The molecule has 94 valence electrons. The maximum absolute atomic E-state index is 10.5. The lowest BCUT2D eigenvalue weighted by Gasteiger charge is -2.08. The monoisotopic (exact) mass is 262 g/mol. The van der Waals surface area contributed by atoms with E-state index in [9.17, 15) is 9.90 Å². The molecule has 0 aliphatic heterocycles. The third kappa shape index (κ3) is 3.42. The number of thiophene rings is 1. The number of hydrogen-bond acceptors (Lipinski definition) is 3. The van der Waals surface area contributed by atoms with E-state index in [4.69, 9.17) is 5.11 Å². The molecule has 1 atom stereocenters. The number of rotatable bonds is 5. The summed E-state index contributed by atoms with van der Waals surface area (Å²) < 4.78 is 0. The summed E-state index contributed by atoms with van der Waals surface area (Å²) in [6.07, 6.45) is -0.668. The molecule has 1 aromatic heterocycles. The second-order valence-corrected chi connectivity index (χ2v) is 5.08. The van der Waals surface area contributed by atoms with Crippen LogP contribution in [0.1, 0.15) is 12.0 Å². The van der Waals surface area contributed by atoms with E-state index in [2.05, 4.69) is 6.07 Å². The van der Waals surface area contributed by atoms with E-state index in [-0.39, 0.29) is 6.42 Å². The molecule has 1 heterocycles. The van der Waals surface area contributed by atoms with Crippen LogP contribution in [0.2, 0.25) is 0 Å². The Morgan fingerprint density at radius 1 is 1.22 bits per heavy atom. The predicted octanol–water partition coefficient (Wildman–Crippen LogP) is 2.79. The van der Waals surface area contributed by atoms with Crippen LogP contribution in [0.5, 0.6) is 0 Å². The number of carboxylic acids is 1. The first kappa shape index (κ1) is 12.8. The summed E-state index contributed by atoms with van der Waals surface area (Å²) in [5, 5.41) is 20.1. The van der Waals surface area contributed by atoms with Crippen molar-refractivity contribution < 1.29 is 15.0 Å². The minimum Gasteiger partial charge on any atom is -0.481 e. The zero-order chi connectivity index (χ0) is 13.0. The topological polar surface area (TPSA) is 57.5 Å². The Kier molecular flexibility index (Phi) is 4.12. The molecule has 0 fully saturated rings. The molecule has 18 heavy (non-hydrogen) atoms. The summed E-state index contributed by atoms with van der Waals surface area (Å²) in [7, 11) is 0. The van der Waals surface area contributed by atoms with Gasteiger partial charge in [-0.25, -0.2) is 0 Å². The lowest BCUT2D eigenvalue weighted by atomic mass is 10.0. The molecular weight excluding hydrogens is 248 g/mol. The van der Waals surface area contributed by atoms with Crippen LogP contribution in [0.4, 0.5) is 0 Å². The highest BCUT2D eigenvalue weighted by molar-refractivity contribution is 7.13. The highest BCUT2D eigenvalue weighted by Gasteiger charge is 2.10. The molecule has 2 rings (SSSR count). The van der Waals surface area contributed by atoms with Gasteiger partial charge in [0.15, 0.2) is 0 Å². The van der Waals surface area contributed by atoms with Crippen molar-refractivity contribution in [2.45, 2.75) is 18.9 Å². The van der Waals surface area contributed by atoms with Gasteiger partial charge < -0.3 is 10.2 Å². The Labute approximate surface area is 109 Å². The van der Waals surface area contributed by atoms with E-state index >= 15 is 0 Å². The molecule has 0 spiro atoms. The van der Waals surface area contributed by atoms with Crippen molar-refractivity contribution in [3.05, 3.63) is 47.3 Å². The lowest BCUT2D eigenvalue weighted by molar-refractivity contribution is -0.139. The van der Waals surface area contributed by atoms with Crippen molar-refractivity contribution in [3.8, 4) is 10.4 Å². The van der Waals surface area contributed by atoms with Crippen molar-refractivity contribution in [3.63, 3.8) is 0 Å². The number of aliphatic hydroxyl groups is 1. The molecule has 3 nitrogen and oxygen atoms in total. The van der Waals surface area contributed by atoms with Crippen LogP contribution in [-0.4, -0.2) is 22.3 Å². The van der Waals surface area contributed by atoms with Gasteiger partial charge in [0.2, 0.25) is 0 Å². The average molecular weight is 262 g/mol. The number of aliphatic hydroxyl groups excluding tert-OH is 1. The van der Waals surface area contributed by atoms with Crippen molar-refractivity contribution in [2.75, 3.05) is 0 Å². The number of aliphatic carboxylic acids is 1. The quantitative estimate of drug-likeness (QED) is 0.871. The smallest absolute Gasteiger partial charge is 0.305 e. The fourth-order valence-electron chi connectivity index (χ4n) is 1.79.